The van der Waals surface area contributed by atoms with E-state index in [1.54, 1.807) is 20.8 Å². The topological polar surface area (TPSA) is 108 Å². The van der Waals surface area contributed by atoms with E-state index in [-0.39, 0.29) is 27.5 Å². The average molecular weight is 340 g/mol. The molecule has 0 saturated carbocycles. The summed E-state index contributed by atoms with van der Waals surface area (Å²) in [5, 5.41) is 2.93. The largest absolute Gasteiger partial charge is 0.459 e. The second-order valence-corrected chi connectivity index (χ2v) is 6.59. The summed E-state index contributed by atoms with van der Waals surface area (Å²) in [5.74, 6) is -1.58. The van der Waals surface area contributed by atoms with E-state index in [4.69, 9.17) is 15.2 Å². The number of carbonyl (C=O) groups is 3. The maximum Gasteiger partial charge on any atom is 0.341 e. The standard InChI is InChI=1S/C15H20N2O5S/c1-7(2)22-15(20)10-8(3)11(12(16)18)23-14(10)17-13(19)9-5-4-6-21-9/h7,9H,4-6H2,1-3H3,(H2,16,18)(H,17,19)/t9-/m1/s1. The summed E-state index contributed by atoms with van der Waals surface area (Å²) in [6.07, 6.45) is 0.588. The number of nitrogens with one attached hydrogen (secondary N) is 1. The van der Waals surface area contributed by atoms with Gasteiger partial charge in [0, 0.05) is 6.61 Å². The zero-order valence-electron chi connectivity index (χ0n) is 13.3. The van der Waals surface area contributed by atoms with E-state index >= 15 is 0 Å². The van der Waals surface area contributed by atoms with Crippen LogP contribution in [-0.4, -0.2) is 36.6 Å². The van der Waals surface area contributed by atoms with Crippen LogP contribution in [0.3, 0.4) is 0 Å². The fourth-order valence-corrected chi connectivity index (χ4v) is 3.38. The smallest absolute Gasteiger partial charge is 0.341 e. The van der Waals surface area contributed by atoms with E-state index in [1.165, 1.54) is 0 Å². The van der Waals surface area contributed by atoms with Crippen LogP contribution in [0.1, 0.15) is 52.3 Å². The van der Waals surface area contributed by atoms with Crippen LogP contribution in [0.4, 0.5) is 5.00 Å². The van der Waals surface area contributed by atoms with Gasteiger partial charge in [0.05, 0.1) is 16.5 Å². The van der Waals surface area contributed by atoms with Crippen LogP contribution in [0.5, 0.6) is 0 Å². The van der Waals surface area contributed by atoms with E-state index in [2.05, 4.69) is 5.32 Å². The second-order valence-electron chi connectivity index (χ2n) is 5.57. The number of anilines is 1. The molecule has 1 aliphatic heterocycles. The van der Waals surface area contributed by atoms with Crippen LogP contribution in [0.2, 0.25) is 0 Å². The van der Waals surface area contributed by atoms with Gasteiger partial charge in [0.15, 0.2) is 0 Å². The molecule has 0 unspecified atom stereocenters. The quantitative estimate of drug-likeness (QED) is 0.795. The predicted octanol–water partition coefficient (Wildman–Crippen LogP) is 1.84. The molecule has 1 atom stereocenters. The maximum absolute atomic E-state index is 12.3. The van der Waals surface area contributed by atoms with Crippen LogP contribution < -0.4 is 11.1 Å². The third-order valence-corrected chi connectivity index (χ3v) is 4.60. The first-order chi connectivity index (χ1) is 10.8. The van der Waals surface area contributed by atoms with Crippen molar-refractivity contribution in [2.45, 2.75) is 45.8 Å². The van der Waals surface area contributed by atoms with Crippen molar-refractivity contribution >= 4 is 34.1 Å². The lowest BCUT2D eigenvalue weighted by Crippen LogP contribution is -2.27. The second kappa shape index (κ2) is 7.10. The fourth-order valence-electron chi connectivity index (χ4n) is 2.33. The molecule has 3 N–H and O–H groups in total. The van der Waals surface area contributed by atoms with Gasteiger partial charge >= 0.3 is 5.97 Å². The molecule has 2 amide bonds. The van der Waals surface area contributed by atoms with Crippen molar-refractivity contribution < 1.29 is 23.9 Å². The number of hydrogen-bond acceptors (Lipinski definition) is 6. The number of carbonyl (C=O) groups excluding carboxylic acids is 3. The van der Waals surface area contributed by atoms with Crippen molar-refractivity contribution in [1.82, 2.24) is 0 Å². The highest BCUT2D eigenvalue weighted by atomic mass is 32.1. The van der Waals surface area contributed by atoms with Crippen molar-refractivity contribution in [2.24, 2.45) is 5.73 Å². The third kappa shape index (κ3) is 3.89. The molecule has 1 fully saturated rings. The Morgan fingerprint density at radius 2 is 2.09 bits per heavy atom. The number of nitrogens with two attached hydrogens (primary N) is 1. The molecule has 1 aromatic rings. The molecule has 126 valence electrons. The van der Waals surface area contributed by atoms with Crippen LogP contribution >= 0.6 is 11.3 Å². The summed E-state index contributed by atoms with van der Waals surface area (Å²) in [6, 6.07) is 0. The molecular formula is C15H20N2O5S. The molecule has 23 heavy (non-hydrogen) atoms. The Kier molecular flexibility index (Phi) is 5.38. The van der Waals surface area contributed by atoms with E-state index in [9.17, 15) is 14.4 Å². The zero-order chi connectivity index (χ0) is 17.1. The van der Waals surface area contributed by atoms with Gasteiger partial charge in [-0.1, -0.05) is 0 Å². The molecule has 0 radical (unpaired) electrons. The summed E-state index contributed by atoms with van der Waals surface area (Å²) in [5.41, 5.74) is 5.92. The first-order valence-electron chi connectivity index (χ1n) is 7.38. The molecule has 1 aliphatic rings. The van der Waals surface area contributed by atoms with Gasteiger partial charge in [0.2, 0.25) is 0 Å². The van der Waals surface area contributed by atoms with E-state index in [0.717, 1.165) is 17.8 Å². The Morgan fingerprint density at radius 1 is 1.39 bits per heavy atom. The summed E-state index contributed by atoms with van der Waals surface area (Å²) >= 11 is 0.974. The lowest BCUT2D eigenvalue weighted by Gasteiger charge is -2.12. The monoisotopic (exact) mass is 340 g/mol. The van der Waals surface area contributed by atoms with E-state index in [1.807, 2.05) is 0 Å². The molecule has 7 nitrogen and oxygen atoms in total. The van der Waals surface area contributed by atoms with E-state index < -0.39 is 18.0 Å². The highest BCUT2D eigenvalue weighted by Crippen LogP contribution is 2.34. The molecule has 2 rings (SSSR count). The average Bonchev–Trinajstić information content (AvgIpc) is 3.05. The molecule has 1 aromatic heterocycles. The Labute approximate surface area is 138 Å². The molecule has 2 heterocycles. The van der Waals surface area contributed by atoms with Gasteiger partial charge in [-0.2, -0.15) is 0 Å². The lowest BCUT2D eigenvalue weighted by atomic mass is 10.1. The number of rotatable bonds is 5. The third-order valence-electron chi connectivity index (χ3n) is 3.38. The molecular weight excluding hydrogens is 320 g/mol. The molecule has 0 bridgehead atoms. The van der Waals surface area contributed by atoms with Crippen molar-refractivity contribution in [3.63, 3.8) is 0 Å². The highest BCUT2D eigenvalue weighted by Gasteiger charge is 2.29. The minimum Gasteiger partial charge on any atom is -0.459 e. The first kappa shape index (κ1) is 17.4. The molecule has 1 saturated heterocycles. The number of primary amides is 1. The van der Waals surface area contributed by atoms with E-state index in [0.29, 0.717) is 18.6 Å². The van der Waals surface area contributed by atoms with Crippen molar-refractivity contribution in [1.29, 1.82) is 0 Å². The number of thiophene rings is 1. The maximum atomic E-state index is 12.3. The van der Waals surface area contributed by atoms with Crippen molar-refractivity contribution in [3.8, 4) is 0 Å². The molecule has 0 aromatic carbocycles. The SMILES string of the molecule is Cc1c(C(N)=O)sc(NC(=O)[C@H]2CCCO2)c1C(=O)OC(C)C. The number of ether oxygens (including phenoxy) is 2. The lowest BCUT2D eigenvalue weighted by molar-refractivity contribution is -0.124. The number of esters is 1. The normalized spacial score (nSPS) is 17.3. The van der Waals surface area contributed by atoms with Gasteiger partial charge in [-0.15, -0.1) is 11.3 Å². The molecule has 0 spiro atoms. The van der Waals surface area contributed by atoms with Crippen LogP contribution in [0, 0.1) is 6.92 Å². The fraction of sp³-hybridized carbons (Fsp3) is 0.533. The highest BCUT2D eigenvalue weighted by molar-refractivity contribution is 7.18. The van der Waals surface area contributed by atoms with Crippen molar-refractivity contribution in [2.75, 3.05) is 11.9 Å². The number of amides is 2. The van der Waals surface area contributed by atoms with Gasteiger partial charge in [0.25, 0.3) is 11.8 Å². The van der Waals surface area contributed by atoms with Crippen LogP contribution in [0.25, 0.3) is 0 Å². The van der Waals surface area contributed by atoms with Crippen LogP contribution in [-0.2, 0) is 14.3 Å². The van der Waals surface area contributed by atoms with Gasteiger partial charge in [-0.05, 0) is 39.2 Å². The Bertz CT molecular complexity index is 632. The van der Waals surface area contributed by atoms with Gasteiger partial charge in [-0.25, -0.2) is 4.79 Å². The van der Waals surface area contributed by atoms with Crippen LogP contribution in [0.15, 0.2) is 0 Å². The zero-order valence-corrected chi connectivity index (χ0v) is 14.1. The number of hydrogen-bond donors (Lipinski definition) is 2. The minimum atomic E-state index is -0.649. The molecule has 8 heteroatoms. The Hall–Kier alpha value is -1.93. The molecule has 0 aliphatic carbocycles. The van der Waals surface area contributed by atoms with Gasteiger partial charge in [-0.3, -0.25) is 9.59 Å². The Balaban J connectivity index is 2.32. The van der Waals surface area contributed by atoms with Gasteiger partial charge in [0.1, 0.15) is 11.1 Å². The summed E-state index contributed by atoms with van der Waals surface area (Å²) in [4.78, 5) is 36.2. The predicted molar refractivity (Wildman–Crippen MR) is 85.7 cm³/mol. The summed E-state index contributed by atoms with van der Waals surface area (Å²) < 4.78 is 10.5. The van der Waals surface area contributed by atoms with Crippen molar-refractivity contribution in [3.05, 3.63) is 16.0 Å². The first-order valence-corrected chi connectivity index (χ1v) is 8.19. The summed E-state index contributed by atoms with van der Waals surface area (Å²) in [7, 11) is 0. The summed E-state index contributed by atoms with van der Waals surface area (Å²) in [6.45, 7) is 5.59. The minimum absolute atomic E-state index is 0.170. The van der Waals surface area contributed by atoms with Gasteiger partial charge < -0.3 is 20.5 Å². The Morgan fingerprint density at radius 3 is 2.61 bits per heavy atom.